The van der Waals surface area contributed by atoms with E-state index in [0.717, 1.165) is 11.1 Å². The lowest BCUT2D eigenvalue weighted by Crippen LogP contribution is -2.37. The van der Waals surface area contributed by atoms with E-state index in [1.54, 1.807) is 24.3 Å². The number of carbonyl (C=O) groups is 2. The number of fused-ring (bicyclic) bond motifs is 1. The lowest BCUT2D eigenvalue weighted by atomic mass is 9.90. The third-order valence-electron chi connectivity index (χ3n) is 6.10. The standard InChI is InChI=1S/C25H20Cl2N2O4/c1-13-8-9-19(14(2)10-13)28-24(31)20-21(17-11-15(26)12-18(27)22(17)30)29(33-23(20)25(28)32)16-6-4-3-5-7-16/h3-12,20-21,23,30H,1-2H3/t20-,21-,23+/m0/s1. The van der Waals surface area contributed by atoms with Crippen molar-refractivity contribution in [3.8, 4) is 5.75 Å². The molecule has 2 aliphatic heterocycles. The zero-order valence-electron chi connectivity index (χ0n) is 17.8. The fraction of sp³-hybridized carbons (Fsp3) is 0.200. The van der Waals surface area contributed by atoms with Crippen molar-refractivity contribution in [2.45, 2.75) is 26.0 Å². The third kappa shape index (κ3) is 3.46. The van der Waals surface area contributed by atoms with Crippen LogP contribution in [0.2, 0.25) is 10.0 Å². The molecule has 0 aliphatic carbocycles. The molecule has 0 radical (unpaired) electrons. The first kappa shape index (κ1) is 21.8. The number of aryl methyl sites for hydroxylation is 2. The summed E-state index contributed by atoms with van der Waals surface area (Å²) in [5.41, 5.74) is 3.30. The number of rotatable bonds is 3. The second-order valence-corrected chi connectivity index (χ2v) is 9.13. The van der Waals surface area contributed by atoms with Gasteiger partial charge in [-0.25, -0.2) is 9.96 Å². The molecule has 0 unspecified atom stereocenters. The summed E-state index contributed by atoms with van der Waals surface area (Å²) < 4.78 is 0. The third-order valence-corrected chi connectivity index (χ3v) is 6.60. The first-order valence-electron chi connectivity index (χ1n) is 10.4. The van der Waals surface area contributed by atoms with Crippen LogP contribution in [0.25, 0.3) is 0 Å². The molecule has 1 N–H and O–H groups in total. The summed E-state index contributed by atoms with van der Waals surface area (Å²) in [5, 5.41) is 12.6. The molecule has 5 rings (SSSR count). The van der Waals surface area contributed by atoms with E-state index >= 15 is 0 Å². The molecular weight excluding hydrogens is 463 g/mol. The number of phenols is 1. The van der Waals surface area contributed by atoms with Crippen molar-refractivity contribution < 1.29 is 19.5 Å². The second-order valence-electron chi connectivity index (χ2n) is 8.29. The normalized spacial score (nSPS) is 22.2. The highest BCUT2D eigenvalue weighted by Crippen LogP contribution is 2.51. The number of imide groups is 1. The van der Waals surface area contributed by atoms with Gasteiger partial charge in [0, 0.05) is 10.6 Å². The molecule has 3 aromatic carbocycles. The predicted molar refractivity (Wildman–Crippen MR) is 127 cm³/mol. The van der Waals surface area contributed by atoms with Gasteiger partial charge in [-0.2, -0.15) is 0 Å². The number of phenolic OH excluding ortho intramolecular Hbond substituents is 1. The van der Waals surface area contributed by atoms with Crippen LogP contribution in [0.1, 0.15) is 22.7 Å². The Labute approximate surface area is 200 Å². The minimum Gasteiger partial charge on any atom is -0.506 e. The van der Waals surface area contributed by atoms with Crippen LogP contribution in [0.5, 0.6) is 5.75 Å². The van der Waals surface area contributed by atoms with Crippen molar-refractivity contribution in [3.05, 3.63) is 87.4 Å². The van der Waals surface area contributed by atoms with Gasteiger partial charge in [0.15, 0.2) is 6.10 Å². The maximum atomic E-state index is 13.7. The predicted octanol–water partition coefficient (Wildman–Crippen LogP) is 5.37. The monoisotopic (exact) mass is 482 g/mol. The van der Waals surface area contributed by atoms with E-state index in [9.17, 15) is 14.7 Å². The van der Waals surface area contributed by atoms with Gasteiger partial charge in [0.1, 0.15) is 11.7 Å². The minimum absolute atomic E-state index is 0.0527. The number of anilines is 2. The summed E-state index contributed by atoms with van der Waals surface area (Å²) in [5.74, 6) is -1.97. The van der Waals surface area contributed by atoms with Crippen LogP contribution in [0.15, 0.2) is 60.7 Å². The Kier molecular flexibility index (Phi) is 5.32. The number of para-hydroxylation sites is 1. The molecule has 0 spiro atoms. The molecular formula is C25H20Cl2N2O4. The van der Waals surface area contributed by atoms with Gasteiger partial charge in [-0.1, -0.05) is 59.1 Å². The molecule has 0 bridgehead atoms. The average molecular weight is 483 g/mol. The zero-order chi connectivity index (χ0) is 23.4. The number of hydrogen-bond donors (Lipinski definition) is 1. The summed E-state index contributed by atoms with van der Waals surface area (Å²) in [6.45, 7) is 3.80. The molecule has 2 aliphatic rings. The Morgan fingerprint density at radius 1 is 0.939 bits per heavy atom. The highest BCUT2D eigenvalue weighted by Gasteiger charge is 2.61. The Hall–Kier alpha value is -3.06. The SMILES string of the molecule is Cc1ccc(N2C(=O)[C@@H]3[C@@H](ON(c4ccccc4)[C@H]3c3cc(Cl)cc(Cl)c3O)C2=O)c(C)c1. The van der Waals surface area contributed by atoms with E-state index in [1.165, 1.54) is 16.0 Å². The van der Waals surface area contributed by atoms with Crippen LogP contribution < -0.4 is 9.96 Å². The number of hydrogen-bond acceptors (Lipinski definition) is 5. The first-order valence-corrected chi connectivity index (χ1v) is 11.2. The molecule has 168 valence electrons. The summed E-state index contributed by atoms with van der Waals surface area (Å²) >= 11 is 12.4. The van der Waals surface area contributed by atoms with Crippen molar-refractivity contribution in [2.75, 3.05) is 9.96 Å². The number of hydroxylamine groups is 1. The second kappa shape index (κ2) is 8.06. The number of aromatic hydroxyl groups is 1. The largest absolute Gasteiger partial charge is 0.506 e. The number of halogens is 2. The molecule has 3 atom stereocenters. The molecule has 2 fully saturated rings. The van der Waals surface area contributed by atoms with Gasteiger partial charge < -0.3 is 5.11 Å². The Morgan fingerprint density at radius 2 is 1.67 bits per heavy atom. The maximum absolute atomic E-state index is 13.7. The van der Waals surface area contributed by atoms with Gasteiger partial charge in [0.2, 0.25) is 5.91 Å². The van der Waals surface area contributed by atoms with Gasteiger partial charge in [-0.15, -0.1) is 0 Å². The highest BCUT2D eigenvalue weighted by atomic mass is 35.5. The van der Waals surface area contributed by atoms with Crippen LogP contribution in [0, 0.1) is 19.8 Å². The first-order chi connectivity index (χ1) is 15.8. The van der Waals surface area contributed by atoms with Gasteiger partial charge in [-0.3, -0.25) is 14.4 Å². The van der Waals surface area contributed by atoms with Crippen LogP contribution >= 0.6 is 23.2 Å². The van der Waals surface area contributed by atoms with Crippen LogP contribution in [-0.2, 0) is 14.4 Å². The minimum atomic E-state index is -1.06. The molecule has 0 saturated carbocycles. The van der Waals surface area contributed by atoms with E-state index in [0.29, 0.717) is 22.0 Å². The topological polar surface area (TPSA) is 70.1 Å². The number of benzene rings is 3. The zero-order valence-corrected chi connectivity index (χ0v) is 19.3. The Balaban J connectivity index is 1.65. The van der Waals surface area contributed by atoms with Gasteiger partial charge in [0.25, 0.3) is 5.91 Å². The van der Waals surface area contributed by atoms with E-state index in [1.807, 2.05) is 44.2 Å². The molecule has 8 heteroatoms. The van der Waals surface area contributed by atoms with E-state index in [2.05, 4.69) is 0 Å². The van der Waals surface area contributed by atoms with Gasteiger partial charge >= 0.3 is 0 Å². The quantitative estimate of drug-likeness (QED) is 0.508. The van der Waals surface area contributed by atoms with E-state index in [-0.39, 0.29) is 10.8 Å². The average Bonchev–Trinajstić information content (AvgIpc) is 3.28. The van der Waals surface area contributed by atoms with Crippen molar-refractivity contribution in [1.82, 2.24) is 0 Å². The van der Waals surface area contributed by atoms with Crippen molar-refractivity contribution in [1.29, 1.82) is 0 Å². The molecule has 33 heavy (non-hydrogen) atoms. The summed E-state index contributed by atoms with van der Waals surface area (Å²) in [6, 6.07) is 16.8. The van der Waals surface area contributed by atoms with Crippen molar-refractivity contribution in [3.63, 3.8) is 0 Å². The smallest absolute Gasteiger partial charge is 0.266 e. The molecule has 2 amide bonds. The maximum Gasteiger partial charge on any atom is 0.266 e. The fourth-order valence-electron chi connectivity index (χ4n) is 4.63. The van der Waals surface area contributed by atoms with Gasteiger partial charge in [-0.05, 0) is 49.7 Å². The molecule has 6 nitrogen and oxygen atoms in total. The van der Waals surface area contributed by atoms with Crippen molar-refractivity contribution in [2.24, 2.45) is 5.92 Å². The lowest BCUT2D eigenvalue weighted by Gasteiger charge is -2.29. The lowest BCUT2D eigenvalue weighted by molar-refractivity contribution is -0.126. The Bertz CT molecular complexity index is 1280. The molecule has 2 heterocycles. The molecule has 0 aromatic heterocycles. The molecule has 3 aromatic rings. The van der Waals surface area contributed by atoms with E-state index in [4.69, 9.17) is 28.0 Å². The number of carbonyl (C=O) groups excluding carboxylic acids is 2. The van der Waals surface area contributed by atoms with Gasteiger partial charge in [0.05, 0.1) is 22.4 Å². The Morgan fingerprint density at radius 3 is 2.36 bits per heavy atom. The summed E-state index contributed by atoms with van der Waals surface area (Å²) in [7, 11) is 0. The fourth-order valence-corrected chi connectivity index (χ4v) is 5.14. The summed E-state index contributed by atoms with van der Waals surface area (Å²) in [6.07, 6.45) is -1.06. The van der Waals surface area contributed by atoms with Crippen LogP contribution in [0.4, 0.5) is 11.4 Å². The number of nitrogens with zero attached hydrogens (tertiary/aromatic N) is 2. The number of amides is 2. The van der Waals surface area contributed by atoms with Crippen molar-refractivity contribution >= 4 is 46.4 Å². The molecule has 2 saturated heterocycles. The summed E-state index contributed by atoms with van der Waals surface area (Å²) in [4.78, 5) is 34.5. The van der Waals surface area contributed by atoms with Crippen LogP contribution in [-0.4, -0.2) is 23.0 Å². The highest BCUT2D eigenvalue weighted by molar-refractivity contribution is 6.35. The van der Waals surface area contributed by atoms with Crippen LogP contribution in [0.3, 0.4) is 0 Å². The van der Waals surface area contributed by atoms with E-state index < -0.39 is 29.9 Å².